The molecule has 0 bridgehead atoms. The van der Waals surface area contributed by atoms with Crippen molar-refractivity contribution in [2.75, 3.05) is 29.5 Å². The summed E-state index contributed by atoms with van der Waals surface area (Å²) in [6.07, 6.45) is 0. The van der Waals surface area contributed by atoms with Crippen LogP contribution < -0.4 is 16.0 Å². The zero-order chi connectivity index (χ0) is 14.5. The molecule has 0 atom stereocenters. The summed E-state index contributed by atoms with van der Waals surface area (Å²) in [5.41, 5.74) is 7.76. The van der Waals surface area contributed by atoms with Gasteiger partial charge in [0.05, 0.1) is 6.54 Å². The molecule has 3 N–H and O–H groups in total. The third-order valence-corrected chi connectivity index (χ3v) is 2.84. The predicted molar refractivity (Wildman–Crippen MR) is 79.2 cm³/mol. The van der Waals surface area contributed by atoms with Crippen LogP contribution in [0.3, 0.4) is 0 Å². The Bertz CT molecular complexity index is 581. The fourth-order valence-electron chi connectivity index (χ4n) is 1.77. The fraction of sp³-hybridized carbons (Fsp3) is 0.133. The number of carbonyl (C=O) groups excluding carboxylic acids is 1. The van der Waals surface area contributed by atoms with Crippen LogP contribution in [0.15, 0.2) is 48.5 Å². The van der Waals surface area contributed by atoms with Gasteiger partial charge in [0.1, 0.15) is 5.82 Å². The van der Waals surface area contributed by atoms with E-state index in [2.05, 4.69) is 5.32 Å². The number of halogens is 1. The molecule has 0 spiro atoms. The Morgan fingerprint density at radius 1 is 1.15 bits per heavy atom. The van der Waals surface area contributed by atoms with Crippen molar-refractivity contribution >= 4 is 23.0 Å². The fourth-order valence-corrected chi connectivity index (χ4v) is 1.77. The van der Waals surface area contributed by atoms with Gasteiger partial charge in [-0.25, -0.2) is 4.39 Å². The van der Waals surface area contributed by atoms with Gasteiger partial charge in [0.25, 0.3) is 0 Å². The number of nitrogen functional groups attached to an aromatic ring is 1. The Kier molecular flexibility index (Phi) is 4.20. The van der Waals surface area contributed by atoms with Crippen LogP contribution in [0.4, 0.5) is 21.5 Å². The molecule has 20 heavy (non-hydrogen) atoms. The molecule has 0 aliphatic rings. The lowest BCUT2D eigenvalue weighted by molar-refractivity contribution is -0.114. The lowest BCUT2D eigenvalue weighted by Gasteiger charge is -2.18. The molecule has 0 saturated carbocycles. The number of nitrogens with zero attached hydrogens (tertiary/aromatic N) is 1. The molecule has 0 aliphatic heterocycles. The summed E-state index contributed by atoms with van der Waals surface area (Å²) in [5.74, 6) is -0.502. The summed E-state index contributed by atoms with van der Waals surface area (Å²) in [6, 6.07) is 12.9. The lowest BCUT2D eigenvalue weighted by Crippen LogP contribution is -2.30. The predicted octanol–water partition coefficient (Wildman–Crippen LogP) is 2.48. The molecule has 2 rings (SSSR count). The first-order valence-electron chi connectivity index (χ1n) is 6.17. The van der Waals surface area contributed by atoms with Crippen molar-refractivity contribution in [3.63, 3.8) is 0 Å². The topological polar surface area (TPSA) is 58.4 Å². The van der Waals surface area contributed by atoms with Crippen LogP contribution in [-0.2, 0) is 4.79 Å². The Balaban J connectivity index is 1.93. The highest BCUT2D eigenvalue weighted by molar-refractivity contribution is 5.94. The summed E-state index contributed by atoms with van der Waals surface area (Å²) >= 11 is 0. The molecule has 5 heteroatoms. The van der Waals surface area contributed by atoms with Crippen LogP contribution in [0, 0.1) is 5.82 Å². The Hall–Kier alpha value is -2.56. The van der Waals surface area contributed by atoms with Crippen molar-refractivity contribution in [1.82, 2.24) is 0 Å². The van der Waals surface area contributed by atoms with Crippen molar-refractivity contribution in [2.24, 2.45) is 0 Å². The highest BCUT2D eigenvalue weighted by Crippen LogP contribution is 2.15. The van der Waals surface area contributed by atoms with E-state index in [9.17, 15) is 9.18 Å². The number of nitrogens with one attached hydrogen (secondary N) is 1. The minimum absolute atomic E-state index is 0.170. The van der Waals surface area contributed by atoms with E-state index in [-0.39, 0.29) is 18.3 Å². The number of hydrogen-bond donors (Lipinski definition) is 2. The molecule has 0 aromatic heterocycles. The van der Waals surface area contributed by atoms with Gasteiger partial charge in [-0.05, 0) is 48.5 Å². The average Bonchev–Trinajstić information content (AvgIpc) is 2.42. The van der Waals surface area contributed by atoms with Crippen molar-refractivity contribution in [3.8, 4) is 0 Å². The van der Waals surface area contributed by atoms with Gasteiger partial charge in [0, 0.05) is 24.1 Å². The van der Waals surface area contributed by atoms with E-state index in [4.69, 9.17) is 5.73 Å². The molecule has 0 unspecified atom stereocenters. The first-order valence-corrected chi connectivity index (χ1v) is 6.17. The standard InChI is InChI=1S/C15H16FN3O/c1-19(14-8-4-12(17)5-9-14)10-15(20)18-13-6-2-11(16)3-7-13/h2-9H,10,17H2,1H3,(H,18,20). The average molecular weight is 273 g/mol. The summed E-state index contributed by atoms with van der Waals surface area (Å²) in [5, 5.41) is 2.71. The molecule has 0 heterocycles. The highest BCUT2D eigenvalue weighted by Gasteiger charge is 2.07. The molecular formula is C15H16FN3O. The largest absolute Gasteiger partial charge is 0.399 e. The van der Waals surface area contributed by atoms with Crippen LogP contribution in [0.2, 0.25) is 0 Å². The van der Waals surface area contributed by atoms with Gasteiger partial charge in [-0.2, -0.15) is 0 Å². The number of rotatable bonds is 4. The van der Waals surface area contributed by atoms with E-state index in [0.29, 0.717) is 11.4 Å². The maximum atomic E-state index is 12.8. The molecule has 2 aromatic rings. The number of likely N-dealkylation sites (N-methyl/N-ethyl adjacent to an activating group) is 1. The summed E-state index contributed by atoms with van der Waals surface area (Å²) < 4.78 is 12.8. The first-order chi connectivity index (χ1) is 9.54. The minimum atomic E-state index is -0.331. The Labute approximate surface area is 117 Å². The third-order valence-electron chi connectivity index (χ3n) is 2.84. The van der Waals surface area contributed by atoms with E-state index in [1.807, 2.05) is 19.2 Å². The summed E-state index contributed by atoms with van der Waals surface area (Å²) in [7, 11) is 1.82. The molecule has 1 amide bonds. The van der Waals surface area contributed by atoms with Gasteiger partial charge in [-0.1, -0.05) is 0 Å². The smallest absolute Gasteiger partial charge is 0.243 e. The van der Waals surface area contributed by atoms with Gasteiger partial charge in [0.15, 0.2) is 0 Å². The van der Waals surface area contributed by atoms with Gasteiger partial charge < -0.3 is 16.0 Å². The second-order valence-electron chi connectivity index (χ2n) is 4.50. The normalized spacial score (nSPS) is 10.1. The molecule has 104 valence electrons. The number of hydrogen-bond acceptors (Lipinski definition) is 3. The maximum absolute atomic E-state index is 12.8. The van der Waals surface area contributed by atoms with E-state index in [1.54, 1.807) is 17.0 Å². The Morgan fingerprint density at radius 3 is 2.35 bits per heavy atom. The summed E-state index contributed by atoms with van der Waals surface area (Å²) in [6.45, 7) is 0.196. The number of amides is 1. The monoisotopic (exact) mass is 273 g/mol. The number of nitrogens with two attached hydrogens (primary N) is 1. The van der Waals surface area contributed by atoms with Crippen LogP contribution in [0.1, 0.15) is 0 Å². The molecule has 0 radical (unpaired) electrons. The van der Waals surface area contributed by atoms with Crippen LogP contribution in [0.25, 0.3) is 0 Å². The minimum Gasteiger partial charge on any atom is -0.399 e. The van der Waals surface area contributed by atoms with Gasteiger partial charge in [-0.15, -0.1) is 0 Å². The second-order valence-corrected chi connectivity index (χ2v) is 4.50. The first kappa shape index (κ1) is 13.9. The molecule has 4 nitrogen and oxygen atoms in total. The van der Waals surface area contributed by atoms with Crippen molar-refractivity contribution < 1.29 is 9.18 Å². The van der Waals surface area contributed by atoms with Crippen molar-refractivity contribution in [2.45, 2.75) is 0 Å². The zero-order valence-corrected chi connectivity index (χ0v) is 11.1. The molecule has 0 aliphatic carbocycles. The SMILES string of the molecule is CN(CC(=O)Nc1ccc(F)cc1)c1ccc(N)cc1. The lowest BCUT2D eigenvalue weighted by atomic mass is 10.2. The van der Waals surface area contributed by atoms with Crippen LogP contribution in [-0.4, -0.2) is 19.5 Å². The maximum Gasteiger partial charge on any atom is 0.243 e. The molecule has 0 saturated heterocycles. The Morgan fingerprint density at radius 2 is 1.75 bits per heavy atom. The van der Waals surface area contributed by atoms with Gasteiger partial charge in [-0.3, -0.25) is 4.79 Å². The van der Waals surface area contributed by atoms with Crippen molar-refractivity contribution in [1.29, 1.82) is 0 Å². The number of benzene rings is 2. The molecular weight excluding hydrogens is 257 g/mol. The van der Waals surface area contributed by atoms with E-state index in [0.717, 1.165) is 5.69 Å². The summed E-state index contributed by atoms with van der Waals surface area (Å²) in [4.78, 5) is 13.7. The quantitative estimate of drug-likeness (QED) is 0.841. The number of carbonyl (C=O) groups is 1. The van der Waals surface area contributed by atoms with Gasteiger partial charge >= 0.3 is 0 Å². The van der Waals surface area contributed by atoms with E-state index < -0.39 is 0 Å². The van der Waals surface area contributed by atoms with Gasteiger partial charge in [0.2, 0.25) is 5.91 Å². The van der Waals surface area contributed by atoms with Crippen LogP contribution >= 0.6 is 0 Å². The van der Waals surface area contributed by atoms with E-state index >= 15 is 0 Å². The number of anilines is 3. The molecule has 2 aromatic carbocycles. The van der Waals surface area contributed by atoms with E-state index in [1.165, 1.54) is 24.3 Å². The second kappa shape index (κ2) is 6.06. The molecule has 0 fully saturated rings. The highest BCUT2D eigenvalue weighted by atomic mass is 19.1. The van der Waals surface area contributed by atoms with Crippen LogP contribution in [0.5, 0.6) is 0 Å². The van der Waals surface area contributed by atoms with Crippen molar-refractivity contribution in [3.05, 3.63) is 54.3 Å². The third kappa shape index (κ3) is 3.71. The zero-order valence-electron chi connectivity index (χ0n) is 11.1.